The average Bonchev–Trinajstić information content (AvgIpc) is 3.04. The highest BCUT2D eigenvalue weighted by atomic mass is 32.1. The molecular formula is C20H25FN2OS. The second kappa shape index (κ2) is 8.09. The maximum Gasteiger partial charge on any atom is 0.228 e. The number of hydrogen-bond donors (Lipinski definition) is 0. The number of aromatic nitrogens is 1. The third kappa shape index (κ3) is 4.88. The molecule has 2 heterocycles. The van der Waals surface area contributed by atoms with Gasteiger partial charge in [0.25, 0.3) is 0 Å². The van der Waals surface area contributed by atoms with E-state index < -0.39 is 0 Å². The molecule has 1 aromatic carbocycles. The number of rotatable bonds is 5. The molecule has 0 unspecified atom stereocenters. The molecule has 1 aromatic heterocycles. The Balaban J connectivity index is 1.48. The standard InChI is InChI=1S/C20H25FN2OS/c1-14(2)20-22-18(13-25-20)12-19(24)23-8-6-15(7-9-23)10-16-4-3-5-17(21)11-16/h3-5,11,13-15H,6-10,12H2,1-2H3. The summed E-state index contributed by atoms with van der Waals surface area (Å²) >= 11 is 1.64. The van der Waals surface area contributed by atoms with Crippen LogP contribution in [0.4, 0.5) is 4.39 Å². The van der Waals surface area contributed by atoms with E-state index in [1.165, 1.54) is 6.07 Å². The Morgan fingerprint density at radius 3 is 2.76 bits per heavy atom. The molecule has 1 saturated heterocycles. The van der Waals surface area contributed by atoms with Gasteiger partial charge in [0.1, 0.15) is 5.82 Å². The first kappa shape index (κ1) is 18.1. The number of thiazole rings is 1. The quantitative estimate of drug-likeness (QED) is 0.790. The summed E-state index contributed by atoms with van der Waals surface area (Å²) in [5, 5.41) is 3.10. The van der Waals surface area contributed by atoms with Crippen LogP contribution < -0.4 is 0 Å². The fourth-order valence-electron chi connectivity index (χ4n) is 3.32. The number of piperidine rings is 1. The molecule has 134 valence electrons. The van der Waals surface area contributed by atoms with E-state index in [4.69, 9.17) is 0 Å². The van der Waals surface area contributed by atoms with Gasteiger partial charge in [0.15, 0.2) is 0 Å². The number of halogens is 1. The number of carbonyl (C=O) groups excluding carboxylic acids is 1. The van der Waals surface area contributed by atoms with Gasteiger partial charge in [-0.2, -0.15) is 0 Å². The Morgan fingerprint density at radius 2 is 2.12 bits per heavy atom. The number of nitrogens with zero attached hydrogens (tertiary/aromatic N) is 2. The zero-order valence-corrected chi connectivity index (χ0v) is 15.7. The summed E-state index contributed by atoms with van der Waals surface area (Å²) in [6, 6.07) is 6.85. The van der Waals surface area contributed by atoms with Crippen molar-refractivity contribution < 1.29 is 9.18 Å². The van der Waals surface area contributed by atoms with E-state index in [9.17, 15) is 9.18 Å². The molecule has 0 atom stereocenters. The number of amides is 1. The Bertz CT molecular complexity index is 720. The molecule has 0 spiro atoms. The summed E-state index contributed by atoms with van der Waals surface area (Å²) in [7, 11) is 0. The van der Waals surface area contributed by atoms with Crippen molar-refractivity contribution in [3.8, 4) is 0 Å². The lowest BCUT2D eigenvalue weighted by molar-refractivity contribution is -0.131. The van der Waals surface area contributed by atoms with Gasteiger partial charge in [-0.05, 0) is 42.9 Å². The summed E-state index contributed by atoms with van der Waals surface area (Å²) in [6.07, 6.45) is 3.26. The molecule has 0 saturated carbocycles. The lowest BCUT2D eigenvalue weighted by atomic mass is 9.90. The number of carbonyl (C=O) groups is 1. The fraction of sp³-hybridized carbons (Fsp3) is 0.500. The van der Waals surface area contributed by atoms with Gasteiger partial charge in [0.05, 0.1) is 17.1 Å². The van der Waals surface area contributed by atoms with Crippen LogP contribution in [-0.2, 0) is 17.6 Å². The van der Waals surface area contributed by atoms with Crippen LogP contribution in [0.2, 0.25) is 0 Å². The SMILES string of the molecule is CC(C)c1nc(CC(=O)N2CCC(Cc3cccc(F)c3)CC2)cs1. The number of hydrogen-bond acceptors (Lipinski definition) is 3. The van der Waals surface area contributed by atoms with Crippen LogP contribution in [0, 0.1) is 11.7 Å². The summed E-state index contributed by atoms with van der Waals surface area (Å²) in [6.45, 7) is 5.82. The molecule has 2 aromatic rings. The third-order valence-electron chi connectivity index (χ3n) is 4.78. The van der Waals surface area contributed by atoms with Crippen LogP contribution >= 0.6 is 11.3 Å². The molecule has 1 aliphatic heterocycles. The molecule has 0 bridgehead atoms. The van der Waals surface area contributed by atoms with Crippen molar-refractivity contribution in [1.82, 2.24) is 9.88 Å². The summed E-state index contributed by atoms with van der Waals surface area (Å²) < 4.78 is 13.3. The first-order valence-electron chi connectivity index (χ1n) is 8.98. The van der Waals surface area contributed by atoms with Crippen LogP contribution in [0.25, 0.3) is 0 Å². The van der Waals surface area contributed by atoms with Gasteiger partial charge >= 0.3 is 0 Å². The Morgan fingerprint density at radius 1 is 1.36 bits per heavy atom. The van der Waals surface area contributed by atoms with Crippen molar-refractivity contribution in [2.24, 2.45) is 5.92 Å². The summed E-state index contributed by atoms with van der Waals surface area (Å²) in [4.78, 5) is 19.0. The van der Waals surface area contributed by atoms with Gasteiger partial charge in [-0.1, -0.05) is 26.0 Å². The van der Waals surface area contributed by atoms with Crippen LogP contribution in [0.3, 0.4) is 0 Å². The first-order valence-corrected chi connectivity index (χ1v) is 9.85. The van der Waals surface area contributed by atoms with Gasteiger partial charge < -0.3 is 4.90 Å². The van der Waals surface area contributed by atoms with Crippen LogP contribution in [-0.4, -0.2) is 28.9 Å². The van der Waals surface area contributed by atoms with Crippen molar-refractivity contribution in [3.05, 3.63) is 51.7 Å². The Hall–Kier alpha value is -1.75. The van der Waals surface area contributed by atoms with E-state index in [1.807, 2.05) is 16.3 Å². The average molecular weight is 360 g/mol. The molecular weight excluding hydrogens is 335 g/mol. The molecule has 3 rings (SSSR count). The molecule has 5 heteroatoms. The van der Waals surface area contributed by atoms with Crippen molar-refractivity contribution in [1.29, 1.82) is 0 Å². The van der Waals surface area contributed by atoms with Gasteiger partial charge in [0.2, 0.25) is 5.91 Å². The normalized spacial score (nSPS) is 15.8. The minimum atomic E-state index is -0.172. The van der Waals surface area contributed by atoms with E-state index in [2.05, 4.69) is 18.8 Å². The zero-order chi connectivity index (χ0) is 17.8. The highest BCUT2D eigenvalue weighted by Gasteiger charge is 2.23. The zero-order valence-electron chi connectivity index (χ0n) is 14.9. The van der Waals surface area contributed by atoms with Crippen LogP contribution in [0.1, 0.15) is 48.9 Å². The first-order chi connectivity index (χ1) is 12.0. The van der Waals surface area contributed by atoms with Crippen LogP contribution in [0.15, 0.2) is 29.6 Å². The van der Waals surface area contributed by atoms with Gasteiger partial charge in [-0.3, -0.25) is 4.79 Å². The molecule has 0 N–H and O–H groups in total. The van der Waals surface area contributed by atoms with E-state index in [0.717, 1.165) is 48.6 Å². The van der Waals surface area contributed by atoms with E-state index in [-0.39, 0.29) is 11.7 Å². The fourth-order valence-corrected chi connectivity index (χ4v) is 4.15. The van der Waals surface area contributed by atoms with Gasteiger partial charge in [-0.15, -0.1) is 11.3 Å². The maximum absolute atomic E-state index is 13.3. The highest BCUT2D eigenvalue weighted by molar-refractivity contribution is 7.09. The molecule has 1 amide bonds. The van der Waals surface area contributed by atoms with Gasteiger partial charge in [0, 0.05) is 24.4 Å². The minimum Gasteiger partial charge on any atom is -0.342 e. The molecule has 0 aliphatic carbocycles. The summed E-state index contributed by atoms with van der Waals surface area (Å²) in [5.41, 5.74) is 1.94. The lowest BCUT2D eigenvalue weighted by Crippen LogP contribution is -2.39. The molecule has 3 nitrogen and oxygen atoms in total. The monoisotopic (exact) mass is 360 g/mol. The lowest BCUT2D eigenvalue weighted by Gasteiger charge is -2.32. The van der Waals surface area contributed by atoms with E-state index in [0.29, 0.717) is 18.3 Å². The second-order valence-electron chi connectivity index (χ2n) is 7.17. The van der Waals surface area contributed by atoms with E-state index >= 15 is 0 Å². The number of benzene rings is 1. The predicted molar refractivity (Wildman–Crippen MR) is 99.3 cm³/mol. The molecule has 1 aliphatic rings. The largest absolute Gasteiger partial charge is 0.342 e. The third-order valence-corrected chi connectivity index (χ3v) is 5.97. The highest BCUT2D eigenvalue weighted by Crippen LogP contribution is 2.23. The van der Waals surface area contributed by atoms with Crippen LogP contribution in [0.5, 0.6) is 0 Å². The number of likely N-dealkylation sites (tertiary alicyclic amines) is 1. The molecule has 0 radical (unpaired) electrons. The Kier molecular flexibility index (Phi) is 5.84. The van der Waals surface area contributed by atoms with Crippen molar-refractivity contribution in [2.75, 3.05) is 13.1 Å². The predicted octanol–water partition coefficient (Wildman–Crippen LogP) is 4.43. The van der Waals surface area contributed by atoms with Crippen molar-refractivity contribution in [2.45, 2.75) is 45.4 Å². The van der Waals surface area contributed by atoms with Crippen molar-refractivity contribution >= 4 is 17.2 Å². The minimum absolute atomic E-state index is 0.171. The molecule has 1 fully saturated rings. The van der Waals surface area contributed by atoms with E-state index in [1.54, 1.807) is 23.5 Å². The smallest absolute Gasteiger partial charge is 0.228 e. The summed E-state index contributed by atoms with van der Waals surface area (Å²) in [5.74, 6) is 0.934. The van der Waals surface area contributed by atoms with Gasteiger partial charge in [-0.25, -0.2) is 9.37 Å². The van der Waals surface area contributed by atoms with Crippen molar-refractivity contribution in [3.63, 3.8) is 0 Å². The second-order valence-corrected chi connectivity index (χ2v) is 8.06. The topological polar surface area (TPSA) is 33.2 Å². The Labute approximate surface area is 152 Å². The maximum atomic E-state index is 13.3. The molecule has 25 heavy (non-hydrogen) atoms.